The Morgan fingerprint density at radius 2 is 1.80 bits per heavy atom. The van der Waals surface area contributed by atoms with E-state index in [0.717, 1.165) is 24.0 Å². The number of ether oxygens (including phenoxy) is 1. The minimum absolute atomic E-state index is 0.0339. The van der Waals surface area contributed by atoms with Gasteiger partial charge in [-0.2, -0.15) is 0 Å². The fourth-order valence-electron chi connectivity index (χ4n) is 3.29. The highest BCUT2D eigenvalue weighted by molar-refractivity contribution is 6.20. The molecule has 0 fully saturated rings. The van der Waals surface area contributed by atoms with E-state index in [1.807, 2.05) is 50.2 Å². The van der Waals surface area contributed by atoms with Gasteiger partial charge in [-0.15, -0.1) is 0 Å². The molecule has 3 heteroatoms. The summed E-state index contributed by atoms with van der Waals surface area (Å²) < 4.78 is 5.81. The summed E-state index contributed by atoms with van der Waals surface area (Å²) in [7, 11) is 0. The van der Waals surface area contributed by atoms with Gasteiger partial charge in [0.05, 0.1) is 11.7 Å². The average molecular weight is 336 g/mol. The summed E-state index contributed by atoms with van der Waals surface area (Å²) in [5.74, 6) is -0.218. The van der Waals surface area contributed by atoms with Gasteiger partial charge in [-0.1, -0.05) is 36.4 Å². The number of para-hydroxylation sites is 1. The molecule has 0 saturated carbocycles. The van der Waals surface area contributed by atoms with Gasteiger partial charge in [0.1, 0.15) is 5.75 Å². The molecule has 0 aliphatic heterocycles. The van der Waals surface area contributed by atoms with Crippen LogP contribution >= 0.6 is 0 Å². The third-order valence-corrected chi connectivity index (χ3v) is 4.47. The quantitative estimate of drug-likeness (QED) is 0.619. The fraction of sp³-hybridized carbons (Fsp3) is 0.318. The van der Waals surface area contributed by atoms with Crippen LogP contribution in [0, 0.1) is 0 Å². The Bertz CT molecular complexity index is 803. The van der Waals surface area contributed by atoms with Crippen molar-refractivity contribution >= 4 is 17.6 Å². The number of carboxylic acids is 1. The third-order valence-electron chi connectivity index (χ3n) is 4.47. The van der Waals surface area contributed by atoms with Gasteiger partial charge in [0.25, 0.3) is 0 Å². The average Bonchev–Trinajstić information content (AvgIpc) is 2.60. The van der Waals surface area contributed by atoms with Crippen molar-refractivity contribution in [3.63, 3.8) is 0 Å². The van der Waals surface area contributed by atoms with Gasteiger partial charge < -0.3 is 9.84 Å². The topological polar surface area (TPSA) is 46.5 Å². The number of fused-ring (bicyclic) bond motifs is 1. The second-order valence-electron chi connectivity index (χ2n) is 6.76. The van der Waals surface area contributed by atoms with Crippen LogP contribution in [0.3, 0.4) is 0 Å². The molecule has 0 aromatic heterocycles. The van der Waals surface area contributed by atoms with Gasteiger partial charge in [0, 0.05) is 5.56 Å². The lowest BCUT2D eigenvalue weighted by Crippen LogP contribution is -2.07. The number of carboxylic acid groups (broad SMARTS) is 1. The molecular weight excluding hydrogens is 312 g/mol. The van der Waals surface area contributed by atoms with Crippen molar-refractivity contribution in [1.82, 2.24) is 0 Å². The zero-order valence-electron chi connectivity index (χ0n) is 14.8. The number of hydrogen-bond donors (Lipinski definition) is 1. The molecule has 3 rings (SSSR count). The Kier molecular flexibility index (Phi) is 5.22. The first-order chi connectivity index (χ1) is 12.0. The van der Waals surface area contributed by atoms with Crippen molar-refractivity contribution < 1.29 is 14.6 Å². The van der Waals surface area contributed by atoms with Gasteiger partial charge in [-0.3, -0.25) is 0 Å². The third kappa shape index (κ3) is 4.11. The summed E-state index contributed by atoms with van der Waals surface area (Å²) in [4.78, 5) is 11.9. The van der Waals surface area contributed by atoms with Crippen LogP contribution < -0.4 is 4.74 Å². The Morgan fingerprint density at radius 1 is 1.08 bits per heavy atom. The molecule has 0 radical (unpaired) electrons. The number of carbonyl (C=O) groups is 1. The normalized spacial score (nSPS) is 14.3. The molecule has 0 saturated heterocycles. The first-order valence-electron chi connectivity index (χ1n) is 8.87. The van der Waals surface area contributed by atoms with Crippen molar-refractivity contribution in [3.8, 4) is 5.75 Å². The molecule has 0 unspecified atom stereocenters. The van der Waals surface area contributed by atoms with Crippen LogP contribution in [0.1, 0.15) is 48.9 Å². The van der Waals surface area contributed by atoms with Crippen molar-refractivity contribution in [1.29, 1.82) is 0 Å². The Morgan fingerprint density at radius 3 is 2.52 bits per heavy atom. The molecule has 1 N–H and O–H groups in total. The standard InChI is InChI=1S/C22H24O3/c1-15(2)25-21-10-6-5-9-19(21)14-20(22(23)24)18-12-11-16-7-3-4-8-17(16)13-18/h5-6,9-15H,3-4,7-8H2,1-2H3,(H,23,24)/b20-14-. The van der Waals surface area contributed by atoms with E-state index < -0.39 is 5.97 Å². The van der Waals surface area contributed by atoms with Gasteiger partial charge in [-0.25, -0.2) is 4.79 Å². The lowest BCUT2D eigenvalue weighted by Gasteiger charge is -2.17. The van der Waals surface area contributed by atoms with Crippen molar-refractivity contribution in [2.24, 2.45) is 0 Å². The SMILES string of the molecule is CC(C)Oc1ccccc1/C=C(\C(=O)O)c1ccc2c(c1)CCCC2. The molecule has 1 aliphatic carbocycles. The van der Waals surface area contributed by atoms with Crippen LogP contribution in [0.4, 0.5) is 0 Å². The molecule has 0 spiro atoms. The van der Waals surface area contributed by atoms with Crippen LogP contribution in [-0.4, -0.2) is 17.2 Å². The van der Waals surface area contributed by atoms with Crippen LogP contribution in [0.15, 0.2) is 42.5 Å². The summed E-state index contributed by atoms with van der Waals surface area (Å²) in [6, 6.07) is 13.6. The van der Waals surface area contributed by atoms with Crippen molar-refractivity contribution in [2.75, 3.05) is 0 Å². The Hall–Kier alpha value is -2.55. The fourth-order valence-corrected chi connectivity index (χ4v) is 3.29. The highest BCUT2D eigenvalue weighted by Gasteiger charge is 2.16. The monoisotopic (exact) mass is 336 g/mol. The lowest BCUT2D eigenvalue weighted by molar-refractivity contribution is -0.130. The minimum Gasteiger partial charge on any atom is -0.490 e. The van der Waals surface area contributed by atoms with Crippen LogP contribution in [0.2, 0.25) is 0 Å². The molecule has 0 bridgehead atoms. The maximum Gasteiger partial charge on any atom is 0.336 e. The summed E-state index contributed by atoms with van der Waals surface area (Å²) in [5, 5.41) is 9.76. The predicted molar refractivity (Wildman–Crippen MR) is 101 cm³/mol. The number of aliphatic carboxylic acids is 1. The highest BCUT2D eigenvalue weighted by Crippen LogP contribution is 2.29. The highest BCUT2D eigenvalue weighted by atomic mass is 16.5. The summed E-state index contributed by atoms with van der Waals surface area (Å²) in [6.07, 6.45) is 6.26. The van der Waals surface area contributed by atoms with Crippen molar-refractivity contribution in [3.05, 3.63) is 64.7 Å². The summed E-state index contributed by atoms with van der Waals surface area (Å²) >= 11 is 0. The maximum absolute atomic E-state index is 11.9. The Balaban J connectivity index is 2.02. The first kappa shape index (κ1) is 17.3. The van der Waals surface area contributed by atoms with E-state index in [2.05, 4.69) is 6.07 Å². The van der Waals surface area contributed by atoms with E-state index in [1.165, 1.54) is 24.0 Å². The first-order valence-corrected chi connectivity index (χ1v) is 8.87. The van der Waals surface area contributed by atoms with E-state index in [-0.39, 0.29) is 6.10 Å². The van der Waals surface area contributed by atoms with Gasteiger partial charge >= 0.3 is 5.97 Å². The number of rotatable bonds is 5. The molecule has 0 atom stereocenters. The zero-order chi connectivity index (χ0) is 17.8. The van der Waals surface area contributed by atoms with Gasteiger partial charge in [-0.05, 0) is 68.4 Å². The number of hydrogen-bond acceptors (Lipinski definition) is 2. The lowest BCUT2D eigenvalue weighted by atomic mass is 9.88. The molecule has 25 heavy (non-hydrogen) atoms. The molecular formula is C22H24O3. The number of aryl methyl sites for hydroxylation is 2. The summed E-state index contributed by atoms with van der Waals surface area (Å²) in [5.41, 5.74) is 4.47. The van der Waals surface area contributed by atoms with Gasteiger partial charge in [0.15, 0.2) is 0 Å². The molecule has 2 aromatic rings. The van der Waals surface area contributed by atoms with E-state index in [9.17, 15) is 9.90 Å². The largest absolute Gasteiger partial charge is 0.490 e. The van der Waals surface area contributed by atoms with E-state index in [0.29, 0.717) is 11.3 Å². The molecule has 0 heterocycles. The van der Waals surface area contributed by atoms with E-state index >= 15 is 0 Å². The second kappa shape index (κ2) is 7.56. The minimum atomic E-state index is -0.921. The van der Waals surface area contributed by atoms with E-state index in [4.69, 9.17) is 4.74 Å². The number of benzene rings is 2. The predicted octanol–water partition coefficient (Wildman–Crippen LogP) is 4.98. The van der Waals surface area contributed by atoms with Gasteiger partial charge in [0.2, 0.25) is 0 Å². The summed E-state index contributed by atoms with van der Waals surface area (Å²) in [6.45, 7) is 3.92. The van der Waals surface area contributed by atoms with Crippen molar-refractivity contribution in [2.45, 2.75) is 45.6 Å². The zero-order valence-corrected chi connectivity index (χ0v) is 14.8. The smallest absolute Gasteiger partial charge is 0.336 e. The van der Waals surface area contributed by atoms with Crippen LogP contribution in [0.25, 0.3) is 11.6 Å². The molecule has 130 valence electrons. The molecule has 2 aromatic carbocycles. The molecule has 1 aliphatic rings. The van der Waals surface area contributed by atoms with E-state index in [1.54, 1.807) is 6.08 Å². The Labute approximate surface area is 149 Å². The second-order valence-corrected chi connectivity index (χ2v) is 6.76. The molecule has 0 amide bonds. The van der Waals surface area contributed by atoms with Crippen LogP contribution in [-0.2, 0) is 17.6 Å². The van der Waals surface area contributed by atoms with Crippen LogP contribution in [0.5, 0.6) is 5.75 Å². The molecule has 3 nitrogen and oxygen atoms in total. The maximum atomic E-state index is 11.9.